The Morgan fingerprint density at radius 1 is 1.08 bits per heavy atom. The molecule has 1 aliphatic rings. The number of carbonyl (C=O) groups is 1. The van der Waals surface area contributed by atoms with E-state index in [0.717, 1.165) is 5.56 Å². The number of hydrogen-bond acceptors (Lipinski definition) is 5. The number of amides is 1. The molecule has 1 saturated heterocycles. The maximum atomic E-state index is 12.5. The lowest BCUT2D eigenvalue weighted by molar-refractivity contribution is -0.143. The first-order valence-corrected chi connectivity index (χ1v) is 8.20. The second-order valence-electron chi connectivity index (χ2n) is 6.09. The predicted octanol–water partition coefficient (Wildman–Crippen LogP) is 2.28. The first kappa shape index (κ1) is 18.4. The van der Waals surface area contributed by atoms with E-state index in [2.05, 4.69) is 0 Å². The van der Waals surface area contributed by atoms with Crippen molar-refractivity contribution in [1.82, 2.24) is 4.90 Å². The average molecular weight is 337 g/mol. The molecule has 2 rings (SSSR count). The number of benzene rings is 1. The molecule has 0 aliphatic carbocycles. The fraction of sp³-hybridized carbons (Fsp3) is 0.611. The predicted molar refractivity (Wildman–Crippen MR) is 91.0 cm³/mol. The Kier molecular flexibility index (Phi) is 6.31. The van der Waals surface area contributed by atoms with Crippen molar-refractivity contribution >= 4 is 5.91 Å². The Bertz CT molecular complexity index is 540. The smallest absolute Gasteiger partial charge is 0.223 e. The molecule has 0 unspecified atom stereocenters. The number of morpholine rings is 1. The zero-order valence-electron chi connectivity index (χ0n) is 15.1. The maximum Gasteiger partial charge on any atom is 0.223 e. The van der Waals surface area contributed by atoms with Crippen molar-refractivity contribution < 1.29 is 23.7 Å². The number of carbonyl (C=O) groups excluding carboxylic acids is 1. The number of ether oxygens (including phenoxy) is 4. The molecule has 0 radical (unpaired) electrons. The number of hydrogen-bond donors (Lipinski definition) is 0. The van der Waals surface area contributed by atoms with Crippen LogP contribution in [0.1, 0.15) is 25.8 Å². The number of methoxy groups -OCH3 is 3. The van der Waals surface area contributed by atoms with Gasteiger partial charge in [-0.2, -0.15) is 0 Å². The SMILES string of the molecule is COc1cc(CCC(=O)N2C[C@@H](C)O[C@@H](C)C2)cc(OC)c1OC. The Morgan fingerprint density at radius 2 is 1.62 bits per heavy atom. The Morgan fingerprint density at radius 3 is 2.08 bits per heavy atom. The van der Waals surface area contributed by atoms with Crippen LogP contribution in [0, 0.1) is 0 Å². The molecule has 1 aromatic rings. The molecule has 0 aromatic heterocycles. The van der Waals surface area contributed by atoms with Gasteiger partial charge in [0.1, 0.15) is 0 Å². The first-order chi connectivity index (χ1) is 11.5. The number of aryl methyl sites for hydroxylation is 1. The molecule has 0 spiro atoms. The van der Waals surface area contributed by atoms with Gasteiger partial charge in [-0.3, -0.25) is 4.79 Å². The quantitative estimate of drug-likeness (QED) is 0.797. The molecule has 1 fully saturated rings. The van der Waals surface area contributed by atoms with Crippen molar-refractivity contribution in [3.63, 3.8) is 0 Å². The van der Waals surface area contributed by atoms with E-state index in [1.165, 1.54) is 0 Å². The van der Waals surface area contributed by atoms with E-state index in [9.17, 15) is 4.79 Å². The lowest BCUT2D eigenvalue weighted by Gasteiger charge is -2.35. The highest BCUT2D eigenvalue weighted by Crippen LogP contribution is 2.38. The average Bonchev–Trinajstić information content (AvgIpc) is 2.57. The monoisotopic (exact) mass is 337 g/mol. The van der Waals surface area contributed by atoms with Crippen molar-refractivity contribution in [3.05, 3.63) is 17.7 Å². The minimum atomic E-state index is 0.0823. The van der Waals surface area contributed by atoms with Crippen LogP contribution in [-0.4, -0.2) is 57.4 Å². The molecule has 2 atom stereocenters. The van der Waals surface area contributed by atoms with Gasteiger partial charge < -0.3 is 23.8 Å². The molecule has 24 heavy (non-hydrogen) atoms. The van der Waals surface area contributed by atoms with Crippen LogP contribution < -0.4 is 14.2 Å². The van der Waals surface area contributed by atoms with Crippen LogP contribution in [0.15, 0.2) is 12.1 Å². The van der Waals surface area contributed by atoms with Gasteiger partial charge >= 0.3 is 0 Å². The van der Waals surface area contributed by atoms with Gasteiger partial charge in [-0.1, -0.05) is 0 Å². The number of nitrogens with zero attached hydrogens (tertiary/aromatic N) is 1. The minimum absolute atomic E-state index is 0.0823. The second-order valence-corrected chi connectivity index (χ2v) is 6.09. The normalized spacial score (nSPS) is 20.6. The van der Waals surface area contributed by atoms with E-state index >= 15 is 0 Å². The lowest BCUT2D eigenvalue weighted by Crippen LogP contribution is -2.48. The van der Waals surface area contributed by atoms with Crippen molar-refractivity contribution in [2.45, 2.75) is 38.9 Å². The topological polar surface area (TPSA) is 57.2 Å². The third kappa shape index (κ3) is 4.32. The molecular formula is C18H27NO5. The summed E-state index contributed by atoms with van der Waals surface area (Å²) >= 11 is 0. The van der Waals surface area contributed by atoms with Gasteiger partial charge in [-0.25, -0.2) is 0 Å². The summed E-state index contributed by atoms with van der Waals surface area (Å²) < 4.78 is 21.7. The molecule has 1 heterocycles. The Labute approximate surface area is 143 Å². The van der Waals surface area contributed by atoms with Crippen molar-refractivity contribution in [2.75, 3.05) is 34.4 Å². The number of rotatable bonds is 6. The fourth-order valence-electron chi connectivity index (χ4n) is 3.07. The van der Waals surface area contributed by atoms with Crippen molar-refractivity contribution in [1.29, 1.82) is 0 Å². The van der Waals surface area contributed by atoms with Crippen LogP contribution in [-0.2, 0) is 16.0 Å². The Balaban J connectivity index is 2.04. The molecular weight excluding hydrogens is 310 g/mol. The van der Waals surface area contributed by atoms with E-state index < -0.39 is 0 Å². The van der Waals surface area contributed by atoms with Crippen LogP contribution in [0.2, 0.25) is 0 Å². The van der Waals surface area contributed by atoms with Gasteiger partial charge in [0.05, 0.1) is 33.5 Å². The molecule has 1 aliphatic heterocycles. The second kappa shape index (κ2) is 8.24. The van der Waals surface area contributed by atoms with Crippen LogP contribution in [0.25, 0.3) is 0 Å². The van der Waals surface area contributed by atoms with Gasteiger partial charge in [0.2, 0.25) is 11.7 Å². The summed E-state index contributed by atoms with van der Waals surface area (Å²) in [4.78, 5) is 14.4. The summed E-state index contributed by atoms with van der Waals surface area (Å²) in [5.74, 6) is 1.91. The molecule has 6 nitrogen and oxygen atoms in total. The molecule has 1 aromatic carbocycles. The van der Waals surface area contributed by atoms with E-state index in [1.54, 1.807) is 21.3 Å². The standard InChI is InChI=1S/C18H27NO5/c1-12-10-19(11-13(2)24-12)17(20)7-6-14-8-15(21-3)18(23-5)16(9-14)22-4/h8-9,12-13H,6-7,10-11H2,1-5H3/t12-,13+. The summed E-state index contributed by atoms with van der Waals surface area (Å²) in [5.41, 5.74) is 0.979. The van der Waals surface area contributed by atoms with Crippen molar-refractivity contribution in [2.24, 2.45) is 0 Å². The molecule has 1 amide bonds. The van der Waals surface area contributed by atoms with Crippen LogP contribution >= 0.6 is 0 Å². The van der Waals surface area contributed by atoms with E-state index in [0.29, 0.717) is 43.2 Å². The van der Waals surface area contributed by atoms with Gasteiger partial charge in [-0.05, 0) is 38.0 Å². The fourth-order valence-corrected chi connectivity index (χ4v) is 3.07. The van der Waals surface area contributed by atoms with E-state index in [-0.39, 0.29) is 18.1 Å². The lowest BCUT2D eigenvalue weighted by atomic mass is 10.1. The first-order valence-electron chi connectivity index (χ1n) is 8.20. The van der Waals surface area contributed by atoms with Crippen LogP contribution in [0.5, 0.6) is 17.2 Å². The van der Waals surface area contributed by atoms with E-state index in [1.807, 2.05) is 30.9 Å². The summed E-state index contributed by atoms with van der Waals surface area (Å²) in [5, 5.41) is 0. The van der Waals surface area contributed by atoms with Gasteiger partial charge in [0.15, 0.2) is 11.5 Å². The molecule has 0 bridgehead atoms. The molecule has 6 heteroatoms. The summed E-state index contributed by atoms with van der Waals surface area (Å²) in [6, 6.07) is 3.78. The van der Waals surface area contributed by atoms with Gasteiger partial charge in [0, 0.05) is 19.5 Å². The highest BCUT2D eigenvalue weighted by atomic mass is 16.5. The highest BCUT2D eigenvalue weighted by molar-refractivity contribution is 5.76. The maximum absolute atomic E-state index is 12.5. The Hall–Kier alpha value is -1.95. The van der Waals surface area contributed by atoms with Crippen LogP contribution in [0.3, 0.4) is 0 Å². The zero-order valence-corrected chi connectivity index (χ0v) is 15.1. The minimum Gasteiger partial charge on any atom is -0.493 e. The summed E-state index contributed by atoms with van der Waals surface area (Å²) in [6.45, 7) is 5.29. The third-order valence-corrected chi connectivity index (χ3v) is 4.12. The third-order valence-electron chi connectivity index (χ3n) is 4.12. The zero-order chi connectivity index (χ0) is 17.7. The molecule has 0 N–H and O–H groups in total. The van der Waals surface area contributed by atoms with E-state index in [4.69, 9.17) is 18.9 Å². The van der Waals surface area contributed by atoms with Gasteiger partial charge in [0.25, 0.3) is 0 Å². The molecule has 134 valence electrons. The summed E-state index contributed by atoms with van der Waals surface area (Å²) in [6.07, 6.45) is 1.23. The van der Waals surface area contributed by atoms with Gasteiger partial charge in [-0.15, -0.1) is 0 Å². The van der Waals surface area contributed by atoms with Crippen LogP contribution in [0.4, 0.5) is 0 Å². The van der Waals surface area contributed by atoms with Crippen molar-refractivity contribution in [3.8, 4) is 17.2 Å². The largest absolute Gasteiger partial charge is 0.493 e. The summed E-state index contributed by atoms with van der Waals surface area (Å²) in [7, 11) is 4.75. The highest BCUT2D eigenvalue weighted by Gasteiger charge is 2.25. The molecule has 0 saturated carbocycles.